The molecule has 3 nitrogen and oxygen atoms in total. The van der Waals surface area contributed by atoms with Crippen molar-refractivity contribution in [2.75, 3.05) is 0 Å². The van der Waals surface area contributed by atoms with Crippen molar-refractivity contribution in [3.05, 3.63) is 64.2 Å². The molecular formula is C20H18O3. The summed E-state index contributed by atoms with van der Waals surface area (Å²) in [5.74, 6) is -1.28. The molecule has 0 fully saturated rings. The number of fused-ring (bicyclic) bond motifs is 3. The fourth-order valence-electron chi connectivity index (χ4n) is 3.25. The molecule has 0 heterocycles. The van der Waals surface area contributed by atoms with Crippen molar-refractivity contribution in [2.45, 2.75) is 27.2 Å². The minimum atomic E-state index is -0.639. The van der Waals surface area contributed by atoms with E-state index >= 15 is 0 Å². The zero-order chi connectivity index (χ0) is 16.9. The van der Waals surface area contributed by atoms with Gasteiger partial charge in [0.2, 0.25) is 11.6 Å². The highest BCUT2D eigenvalue weighted by Crippen LogP contribution is 2.38. The summed E-state index contributed by atoms with van der Waals surface area (Å²) in [5, 5.41) is 12.2. The van der Waals surface area contributed by atoms with Gasteiger partial charge in [0.1, 0.15) is 5.76 Å². The molecule has 1 aliphatic rings. The van der Waals surface area contributed by atoms with Crippen LogP contribution >= 0.6 is 0 Å². The zero-order valence-corrected chi connectivity index (χ0v) is 13.5. The topological polar surface area (TPSA) is 54.4 Å². The number of carbonyl (C=O) groups excluding carboxylic acids is 2. The SMILES string of the molecule is C=CCC1=C(O)c2c(C)cc3c(C)c(C)ccc3c2C(=O)C1=O. The van der Waals surface area contributed by atoms with E-state index in [-0.39, 0.29) is 17.8 Å². The summed E-state index contributed by atoms with van der Waals surface area (Å²) in [5.41, 5.74) is 3.91. The molecule has 3 rings (SSSR count). The molecule has 2 aromatic rings. The Balaban J connectivity index is 2.49. The molecule has 0 saturated carbocycles. The van der Waals surface area contributed by atoms with E-state index in [2.05, 4.69) is 6.58 Å². The van der Waals surface area contributed by atoms with Crippen molar-refractivity contribution in [3.8, 4) is 0 Å². The summed E-state index contributed by atoms with van der Waals surface area (Å²) in [6, 6.07) is 5.76. The van der Waals surface area contributed by atoms with Crippen molar-refractivity contribution < 1.29 is 14.7 Å². The van der Waals surface area contributed by atoms with Gasteiger partial charge in [-0.05, 0) is 54.7 Å². The van der Waals surface area contributed by atoms with Gasteiger partial charge in [0, 0.05) is 16.7 Å². The van der Waals surface area contributed by atoms with E-state index in [0.717, 1.165) is 27.5 Å². The van der Waals surface area contributed by atoms with Gasteiger partial charge < -0.3 is 5.11 Å². The molecule has 0 radical (unpaired) electrons. The van der Waals surface area contributed by atoms with Gasteiger partial charge in [-0.25, -0.2) is 0 Å². The molecule has 1 aliphatic carbocycles. The molecule has 0 bridgehead atoms. The first-order valence-electron chi connectivity index (χ1n) is 7.54. The van der Waals surface area contributed by atoms with Crippen molar-refractivity contribution in [2.24, 2.45) is 0 Å². The number of carbonyl (C=O) groups is 2. The molecule has 0 aliphatic heterocycles. The third-order valence-electron chi connectivity index (χ3n) is 4.64. The summed E-state index contributed by atoms with van der Waals surface area (Å²) in [6.07, 6.45) is 1.70. The highest BCUT2D eigenvalue weighted by molar-refractivity contribution is 6.54. The molecule has 3 heteroatoms. The Morgan fingerprint density at radius 3 is 2.35 bits per heavy atom. The van der Waals surface area contributed by atoms with Gasteiger partial charge in [0.15, 0.2) is 0 Å². The number of benzene rings is 2. The minimum absolute atomic E-state index is 0.0953. The lowest BCUT2D eigenvalue weighted by Gasteiger charge is -2.22. The van der Waals surface area contributed by atoms with Crippen LogP contribution in [0.2, 0.25) is 0 Å². The molecular weight excluding hydrogens is 288 g/mol. The van der Waals surface area contributed by atoms with E-state index < -0.39 is 11.6 Å². The van der Waals surface area contributed by atoms with Crippen LogP contribution in [0.25, 0.3) is 16.5 Å². The van der Waals surface area contributed by atoms with E-state index in [1.54, 1.807) is 0 Å². The second-order valence-electron chi connectivity index (χ2n) is 6.02. The van der Waals surface area contributed by atoms with E-state index in [9.17, 15) is 14.7 Å². The molecule has 0 aromatic heterocycles. The lowest BCUT2D eigenvalue weighted by atomic mass is 9.81. The summed E-state index contributed by atoms with van der Waals surface area (Å²) in [7, 11) is 0. The van der Waals surface area contributed by atoms with Gasteiger partial charge in [-0.3, -0.25) is 9.59 Å². The maximum Gasteiger partial charge on any atom is 0.234 e. The van der Waals surface area contributed by atoms with Gasteiger partial charge in [0.25, 0.3) is 0 Å². The number of hydrogen-bond acceptors (Lipinski definition) is 3. The average Bonchev–Trinajstić information content (AvgIpc) is 2.52. The van der Waals surface area contributed by atoms with Crippen molar-refractivity contribution >= 4 is 28.1 Å². The maximum absolute atomic E-state index is 12.7. The zero-order valence-electron chi connectivity index (χ0n) is 13.5. The molecule has 23 heavy (non-hydrogen) atoms. The number of allylic oxidation sites excluding steroid dienone is 2. The Morgan fingerprint density at radius 1 is 1.00 bits per heavy atom. The number of aliphatic hydroxyl groups is 1. The Hall–Kier alpha value is -2.68. The maximum atomic E-state index is 12.7. The quantitative estimate of drug-likeness (QED) is 0.662. The summed E-state index contributed by atoms with van der Waals surface area (Å²) < 4.78 is 0. The first-order valence-corrected chi connectivity index (χ1v) is 7.54. The Kier molecular flexibility index (Phi) is 3.44. The predicted molar refractivity (Wildman–Crippen MR) is 91.9 cm³/mol. The van der Waals surface area contributed by atoms with Crippen molar-refractivity contribution in [3.63, 3.8) is 0 Å². The van der Waals surface area contributed by atoms with E-state index in [4.69, 9.17) is 0 Å². The minimum Gasteiger partial charge on any atom is -0.507 e. The van der Waals surface area contributed by atoms with Crippen LogP contribution in [-0.4, -0.2) is 16.7 Å². The van der Waals surface area contributed by atoms with Gasteiger partial charge in [-0.15, -0.1) is 6.58 Å². The van der Waals surface area contributed by atoms with E-state index in [0.29, 0.717) is 11.1 Å². The standard InChI is InChI=1S/C20H18O3/c1-5-6-14-18(21)16-11(3)9-15-12(4)10(2)7-8-13(15)17(16)20(23)19(14)22/h5,7-9,21H,1,6H2,2-4H3. The van der Waals surface area contributed by atoms with Crippen LogP contribution in [0.4, 0.5) is 0 Å². The smallest absolute Gasteiger partial charge is 0.234 e. The van der Waals surface area contributed by atoms with Crippen LogP contribution in [0.5, 0.6) is 0 Å². The molecule has 0 spiro atoms. The van der Waals surface area contributed by atoms with Crippen LogP contribution < -0.4 is 0 Å². The lowest BCUT2D eigenvalue weighted by molar-refractivity contribution is -0.112. The molecule has 1 N–H and O–H groups in total. The van der Waals surface area contributed by atoms with Gasteiger partial charge in [-0.1, -0.05) is 24.3 Å². The second-order valence-corrected chi connectivity index (χ2v) is 6.02. The van der Waals surface area contributed by atoms with Crippen LogP contribution in [0.15, 0.2) is 36.4 Å². The van der Waals surface area contributed by atoms with E-state index in [1.165, 1.54) is 6.08 Å². The highest BCUT2D eigenvalue weighted by Gasteiger charge is 2.34. The van der Waals surface area contributed by atoms with Crippen molar-refractivity contribution in [1.82, 2.24) is 0 Å². The first-order chi connectivity index (χ1) is 10.9. The molecule has 0 amide bonds. The lowest BCUT2D eigenvalue weighted by Crippen LogP contribution is -2.25. The van der Waals surface area contributed by atoms with Crippen molar-refractivity contribution in [1.29, 1.82) is 0 Å². The predicted octanol–water partition coefficient (Wildman–Crippen LogP) is 4.38. The highest BCUT2D eigenvalue weighted by atomic mass is 16.3. The summed E-state index contributed by atoms with van der Waals surface area (Å²) in [4.78, 5) is 25.1. The van der Waals surface area contributed by atoms with Crippen LogP contribution in [-0.2, 0) is 4.79 Å². The molecule has 0 unspecified atom stereocenters. The molecule has 116 valence electrons. The molecule has 2 aromatic carbocycles. The third-order valence-corrected chi connectivity index (χ3v) is 4.64. The number of ketones is 2. The Bertz CT molecular complexity index is 930. The normalized spacial score (nSPS) is 14.4. The molecule has 0 atom stereocenters. The Morgan fingerprint density at radius 2 is 1.70 bits per heavy atom. The summed E-state index contributed by atoms with van der Waals surface area (Å²) in [6.45, 7) is 9.45. The van der Waals surface area contributed by atoms with Crippen LogP contribution in [0, 0.1) is 20.8 Å². The fraction of sp³-hybridized carbons (Fsp3) is 0.200. The molecule has 0 saturated heterocycles. The number of aryl methyl sites for hydroxylation is 3. The number of rotatable bonds is 2. The fourth-order valence-corrected chi connectivity index (χ4v) is 3.25. The number of Topliss-reactive ketones (excluding diaryl/α,β-unsaturated/α-hetero) is 2. The van der Waals surface area contributed by atoms with Crippen LogP contribution in [0.1, 0.15) is 39.0 Å². The van der Waals surface area contributed by atoms with E-state index in [1.807, 2.05) is 39.0 Å². The Labute approximate surface area is 134 Å². The first kappa shape index (κ1) is 15.2. The van der Waals surface area contributed by atoms with Gasteiger partial charge in [0.05, 0.1) is 0 Å². The number of hydrogen-bond donors (Lipinski definition) is 1. The van der Waals surface area contributed by atoms with Crippen LogP contribution in [0.3, 0.4) is 0 Å². The largest absolute Gasteiger partial charge is 0.507 e. The van der Waals surface area contributed by atoms with Gasteiger partial charge in [-0.2, -0.15) is 0 Å². The monoisotopic (exact) mass is 306 g/mol. The van der Waals surface area contributed by atoms with Gasteiger partial charge >= 0.3 is 0 Å². The second kappa shape index (κ2) is 5.20. The number of aliphatic hydroxyl groups excluding tert-OH is 1. The third kappa shape index (κ3) is 2.04. The average molecular weight is 306 g/mol. The summed E-state index contributed by atoms with van der Waals surface area (Å²) >= 11 is 0.